The van der Waals surface area contributed by atoms with Gasteiger partial charge in [-0.2, -0.15) is 4.31 Å². The standard InChI is InChI=1S/C31H35N5O5S/c1-22(2)29(31(37)40-3)34-30-26-11-7-8-12-27(26)32-28(33-30)21-35-17-19-36(20-18-35)42(38,39)25-15-13-24(14-16-25)41-23-9-5-4-6-10-23/h4-16,22,29H,17-21H2,1-3H3,(H,32,33,34)/t29-/m0/s1. The summed E-state index contributed by atoms with van der Waals surface area (Å²) in [6, 6.07) is 22.9. The molecule has 1 atom stereocenters. The Labute approximate surface area is 246 Å². The van der Waals surface area contributed by atoms with Crippen LogP contribution >= 0.6 is 0 Å². The summed E-state index contributed by atoms with van der Waals surface area (Å²) in [6.45, 7) is 6.10. The third-order valence-corrected chi connectivity index (χ3v) is 9.11. The van der Waals surface area contributed by atoms with Crippen molar-refractivity contribution in [2.45, 2.75) is 31.3 Å². The molecular formula is C31H35N5O5S. The number of methoxy groups -OCH3 is 1. The van der Waals surface area contributed by atoms with Crippen LogP contribution in [0.4, 0.5) is 5.82 Å². The van der Waals surface area contributed by atoms with E-state index in [0.29, 0.717) is 55.9 Å². The predicted molar refractivity (Wildman–Crippen MR) is 161 cm³/mol. The number of nitrogens with one attached hydrogen (secondary N) is 1. The van der Waals surface area contributed by atoms with E-state index in [2.05, 4.69) is 10.2 Å². The first-order valence-electron chi connectivity index (χ1n) is 13.9. The number of benzene rings is 3. The minimum atomic E-state index is -3.65. The molecule has 0 unspecified atom stereocenters. The smallest absolute Gasteiger partial charge is 0.328 e. The highest BCUT2D eigenvalue weighted by Crippen LogP contribution is 2.26. The van der Waals surface area contributed by atoms with Crippen molar-refractivity contribution >= 4 is 32.7 Å². The van der Waals surface area contributed by atoms with Gasteiger partial charge < -0.3 is 14.8 Å². The summed E-state index contributed by atoms with van der Waals surface area (Å²) in [5.41, 5.74) is 0.762. The number of fused-ring (bicyclic) bond motifs is 1. The molecule has 3 aromatic carbocycles. The molecule has 1 N–H and O–H groups in total. The highest BCUT2D eigenvalue weighted by atomic mass is 32.2. The van der Waals surface area contributed by atoms with Gasteiger partial charge in [0.2, 0.25) is 10.0 Å². The molecule has 220 valence electrons. The molecule has 0 radical (unpaired) electrons. The second kappa shape index (κ2) is 12.8. The average Bonchev–Trinajstić information content (AvgIpc) is 3.00. The fourth-order valence-corrected chi connectivity index (χ4v) is 6.28. The SMILES string of the molecule is COC(=O)[C@@H](Nc1nc(CN2CCN(S(=O)(=O)c3ccc(Oc4ccccc4)cc3)CC2)nc2ccccc12)C(C)C. The van der Waals surface area contributed by atoms with Crippen molar-refractivity contribution in [3.63, 3.8) is 0 Å². The number of para-hydroxylation sites is 2. The van der Waals surface area contributed by atoms with Crippen molar-refractivity contribution in [2.75, 3.05) is 38.6 Å². The monoisotopic (exact) mass is 589 g/mol. The van der Waals surface area contributed by atoms with Crippen LogP contribution in [-0.2, 0) is 26.1 Å². The van der Waals surface area contributed by atoms with Crippen LogP contribution in [0.1, 0.15) is 19.7 Å². The van der Waals surface area contributed by atoms with Crippen molar-refractivity contribution in [3.8, 4) is 11.5 Å². The lowest BCUT2D eigenvalue weighted by atomic mass is 10.0. The first-order valence-corrected chi connectivity index (χ1v) is 15.3. The third-order valence-electron chi connectivity index (χ3n) is 7.20. The Hall–Kier alpha value is -4.06. The number of ether oxygens (including phenoxy) is 2. The summed E-state index contributed by atoms with van der Waals surface area (Å²) in [6.07, 6.45) is 0. The van der Waals surface area contributed by atoms with Crippen molar-refractivity contribution in [1.29, 1.82) is 0 Å². The van der Waals surface area contributed by atoms with Gasteiger partial charge >= 0.3 is 5.97 Å². The number of anilines is 1. The summed E-state index contributed by atoms with van der Waals surface area (Å²) in [7, 11) is -2.28. The number of carbonyl (C=O) groups excluding carboxylic acids is 1. The lowest BCUT2D eigenvalue weighted by Crippen LogP contribution is -2.48. The predicted octanol–water partition coefficient (Wildman–Crippen LogP) is 4.54. The molecule has 5 rings (SSSR count). The maximum atomic E-state index is 13.3. The quantitative estimate of drug-likeness (QED) is 0.266. The van der Waals surface area contributed by atoms with E-state index in [-0.39, 0.29) is 16.8 Å². The van der Waals surface area contributed by atoms with Crippen LogP contribution in [0.15, 0.2) is 83.8 Å². The van der Waals surface area contributed by atoms with Gasteiger partial charge in [-0.05, 0) is 54.4 Å². The molecule has 4 aromatic rings. The maximum Gasteiger partial charge on any atom is 0.328 e. The van der Waals surface area contributed by atoms with Gasteiger partial charge in [-0.15, -0.1) is 0 Å². The zero-order valence-corrected chi connectivity index (χ0v) is 24.8. The Morgan fingerprint density at radius 1 is 0.881 bits per heavy atom. The summed E-state index contributed by atoms with van der Waals surface area (Å²) in [5, 5.41) is 4.08. The second-order valence-electron chi connectivity index (χ2n) is 10.5. The number of hydrogen-bond acceptors (Lipinski definition) is 9. The number of piperazine rings is 1. The number of hydrogen-bond donors (Lipinski definition) is 1. The van der Waals surface area contributed by atoms with Crippen LogP contribution in [0.5, 0.6) is 11.5 Å². The van der Waals surface area contributed by atoms with Crippen molar-refractivity contribution in [3.05, 3.63) is 84.7 Å². The second-order valence-corrected chi connectivity index (χ2v) is 12.4. The zero-order valence-electron chi connectivity index (χ0n) is 23.9. The van der Waals surface area contributed by atoms with E-state index in [4.69, 9.17) is 19.4 Å². The van der Waals surface area contributed by atoms with E-state index in [1.165, 1.54) is 11.4 Å². The van der Waals surface area contributed by atoms with E-state index in [1.54, 1.807) is 24.3 Å². The van der Waals surface area contributed by atoms with E-state index >= 15 is 0 Å². The van der Waals surface area contributed by atoms with E-state index in [1.807, 2.05) is 68.4 Å². The molecule has 1 saturated heterocycles. The highest BCUT2D eigenvalue weighted by molar-refractivity contribution is 7.89. The number of aromatic nitrogens is 2. The Morgan fingerprint density at radius 2 is 1.52 bits per heavy atom. The molecule has 11 heteroatoms. The molecule has 10 nitrogen and oxygen atoms in total. The van der Waals surface area contributed by atoms with Gasteiger partial charge in [0.05, 0.1) is 24.1 Å². The van der Waals surface area contributed by atoms with Gasteiger partial charge in [0.25, 0.3) is 0 Å². The molecule has 0 saturated carbocycles. The van der Waals surface area contributed by atoms with Crippen LogP contribution in [0.3, 0.4) is 0 Å². The summed E-state index contributed by atoms with van der Waals surface area (Å²) < 4.78 is 39.0. The summed E-state index contributed by atoms with van der Waals surface area (Å²) in [4.78, 5) is 24.3. The fraction of sp³-hybridized carbons (Fsp3) is 0.323. The van der Waals surface area contributed by atoms with Gasteiger partial charge in [0, 0.05) is 31.6 Å². The molecule has 1 aliphatic rings. The molecule has 0 aliphatic carbocycles. The van der Waals surface area contributed by atoms with Crippen LogP contribution in [0.2, 0.25) is 0 Å². The van der Waals surface area contributed by atoms with Gasteiger partial charge in [-0.25, -0.2) is 23.2 Å². The highest BCUT2D eigenvalue weighted by Gasteiger charge is 2.29. The lowest BCUT2D eigenvalue weighted by molar-refractivity contribution is -0.142. The molecule has 0 amide bonds. The molecular weight excluding hydrogens is 554 g/mol. The lowest BCUT2D eigenvalue weighted by Gasteiger charge is -2.33. The number of rotatable bonds is 10. The Bertz CT molecular complexity index is 1620. The first kappa shape index (κ1) is 29.4. The van der Waals surface area contributed by atoms with Crippen LogP contribution < -0.4 is 10.1 Å². The molecule has 1 aliphatic heterocycles. The number of sulfonamides is 1. The Kier molecular flexibility index (Phi) is 9.00. The number of esters is 1. The Morgan fingerprint density at radius 3 is 2.19 bits per heavy atom. The normalized spacial score (nSPS) is 15.4. The first-order chi connectivity index (χ1) is 20.2. The molecule has 0 bridgehead atoms. The summed E-state index contributed by atoms with van der Waals surface area (Å²) >= 11 is 0. The molecule has 1 fully saturated rings. The zero-order chi connectivity index (χ0) is 29.7. The molecule has 42 heavy (non-hydrogen) atoms. The topological polar surface area (TPSA) is 114 Å². The maximum absolute atomic E-state index is 13.3. The largest absolute Gasteiger partial charge is 0.467 e. The Balaban J connectivity index is 1.25. The van der Waals surface area contributed by atoms with Crippen molar-refractivity contribution in [1.82, 2.24) is 19.2 Å². The van der Waals surface area contributed by atoms with E-state index in [9.17, 15) is 13.2 Å². The van der Waals surface area contributed by atoms with Crippen LogP contribution in [0.25, 0.3) is 10.9 Å². The van der Waals surface area contributed by atoms with Crippen molar-refractivity contribution < 1.29 is 22.7 Å². The number of nitrogens with zero attached hydrogens (tertiary/aromatic N) is 4. The minimum absolute atomic E-state index is 0.0164. The molecule has 2 heterocycles. The average molecular weight is 590 g/mol. The molecule has 1 aromatic heterocycles. The van der Waals surface area contributed by atoms with Gasteiger partial charge in [0.1, 0.15) is 29.2 Å². The van der Waals surface area contributed by atoms with Gasteiger partial charge in [-0.1, -0.05) is 44.2 Å². The van der Waals surface area contributed by atoms with E-state index in [0.717, 1.165) is 10.9 Å². The number of carbonyl (C=O) groups is 1. The minimum Gasteiger partial charge on any atom is -0.467 e. The summed E-state index contributed by atoms with van der Waals surface area (Å²) in [5.74, 6) is 2.04. The fourth-order valence-electron chi connectivity index (χ4n) is 4.86. The third kappa shape index (κ3) is 6.70. The van der Waals surface area contributed by atoms with Crippen LogP contribution in [-0.4, -0.2) is 72.9 Å². The van der Waals surface area contributed by atoms with Gasteiger partial charge in [-0.3, -0.25) is 4.90 Å². The van der Waals surface area contributed by atoms with E-state index < -0.39 is 16.1 Å². The van der Waals surface area contributed by atoms with Crippen molar-refractivity contribution in [2.24, 2.45) is 5.92 Å². The van der Waals surface area contributed by atoms with Crippen LogP contribution in [0, 0.1) is 5.92 Å². The van der Waals surface area contributed by atoms with Gasteiger partial charge in [0.15, 0.2) is 0 Å². The molecule has 0 spiro atoms.